The van der Waals surface area contributed by atoms with Crippen LogP contribution in [0.5, 0.6) is 0 Å². The van der Waals surface area contributed by atoms with Gasteiger partial charge in [-0.05, 0) is 30.5 Å². The highest BCUT2D eigenvalue weighted by Gasteiger charge is 2.26. The largest absolute Gasteiger partial charge is 0.394 e. The van der Waals surface area contributed by atoms with Crippen molar-refractivity contribution in [3.8, 4) is 0 Å². The zero-order chi connectivity index (χ0) is 16.1. The Hall–Kier alpha value is -2.21. The summed E-state index contributed by atoms with van der Waals surface area (Å²) in [6, 6.07) is 5.79. The fraction of sp³-hybridized carbons (Fsp3) is 0.471. The molecule has 3 heterocycles. The van der Waals surface area contributed by atoms with Crippen molar-refractivity contribution in [3.05, 3.63) is 48.0 Å². The molecule has 23 heavy (non-hydrogen) atoms. The number of piperidine rings is 1. The number of nitrogens with zero attached hydrogens (tertiary/aromatic N) is 4. The molecule has 2 aromatic rings. The molecule has 0 aromatic carbocycles. The molecule has 1 saturated heterocycles. The van der Waals surface area contributed by atoms with Gasteiger partial charge >= 0.3 is 0 Å². The zero-order valence-electron chi connectivity index (χ0n) is 13.1. The highest BCUT2D eigenvalue weighted by Crippen LogP contribution is 2.26. The summed E-state index contributed by atoms with van der Waals surface area (Å²) in [5, 5.41) is 13.5. The number of carbonyl (C=O) groups is 1. The van der Waals surface area contributed by atoms with Gasteiger partial charge in [-0.25, -0.2) is 0 Å². The lowest BCUT2D eigenvalue weighted by Gasteiger charge is -2.32. The van der Waals surface area contributed by atoms with E-state index in [0.717, 1.165) is 37.2 Å². The van der Waals surface area contributed by atoms with Crippen molar-refractivity contribution in [3.63, 3.8) is 0 Å². The summed E-state index contributed by atoms with van der Waals surface area (Å²) >= 11 is 0. The minimum absolute atomic E-state index is 0.0848. The summed E-state index contributed by atoms with van der Waals surface area (Å²) in [5.41, 5.74) is 1.96. The number of aromatic nitrogens is 3. The van der Waals surface area contributed by atoms with E-state index in [1.165, 1.54) is 0 Å². The van der Waals surface area contributed by atoms with Crippen molar-refractivity contribution < 1.29 is 9.90 Å². The molecule has 1 atom stereocenters. The van der Waals surface area contributed by atoms with Crippen molar-refractivity contribution in [2.24, 2.45) is 0 Å². The van der Waals surface area contributed by atoms with Crippen LogP contribution in [0.2, 0.25) is 0 Å². The first-order valence-corrected chi connectivity index (χ1v) is 8.07. The third-order valence-corrected chi connectivity index (χ3v) is 4.26. The predicted octanol–water partition coefficient (Wildman–Crippen LogP) is 1.22. The number of aliphatic hydroxyl groups excluding tert-OH is 1. The molecule has 1 aliphatic rings. The van der Waals surface area contributed by atoms with Gasteiger partial charge in [0, 0.05) is 37.6 Å². The quantitative estimate of drug-likeness (QED) is 0.901. The molecule has 1 amide bonds. The fourth-order valence-electron chi connectivity index (χ4n) is 3.06. The van der Waals surface area contributed by atoms with Crippen molar-refractivity contribution in [1.82, 2.24) is 19.7 Å². The molecule has 0 spiro atoms. The first-order chi connectivity index (χ1) is 11.3. The molecule has 1 unspecified atom stereocenters. The second kappa shape index (κ2) is 7.37. The van der Waals surface area contributed by atoms with Crippen molar-refractivity contribution >= 4 is 5.91 Å². The Kier molecular flexibility index (Phi) is 5.02. The molecule has 6 nitrogen and oxygen atoms in total. The minimum atomic E-state index is 0.0848. The Morgan fingerprint density at radius 1 is 1.39 bits per heavy atom. The summed E-state index contributed by atoms with van der Waals surface area (Å²) in [6.45, 7) is 2.13. The fourth-order valence-corrected chi connectivity index (χ4v) is 3.06. The van der Waals surface area contributed by atoms with Crippen molar-refractivity contribution in [2.75, 3.05) is 19.7 Å². The number of carbonyl (C=O) groups excluding carboxylic acids is 1. The minimum Gasteiger partial charge on any atom is -0.394 e. The number of pyridine rings is 1. The maximum Gasteiger partial charge on any atom is 0.227 e. The molecule has 1 N–H and O–H groups in total. The van der Waals surface area contributed by atoms with Gasteiger partial charge in [0.25, 0.3) is 0 Å². The number of aliphatic hydroxyl groups is 1. The number of hydrogen-bond donors (Lipinski definition) is 1. The topological polar surface area (TPSA) is 71.2 Å². The van der Waals surface area contributed by atoms with Crippen LogP contribution in [-0.2, 0) is 17.8 Å². The summed E-state index contributed by atoms with van der Waals surface area (Å²) in [5.74, 6) is 0.430. The Morgan fingerprint density at radius 3 is 3.09 bits per heavy atom. The Bertz CT molecular complexity index is 641. The van der Waals surface area contributed by atoms with Crippen molar-refractivity contribution in [2.45, 2.75) is 31.7 Å². The number of likely N-dealkylation sites (tertiary alicyclic amines) is 1. The maximum atomic E-state index is 12.5. The molecule has 2 aromatic heterocycles. The third kappa shape index (κ3) is 3.96. The number of amides is 1. The maximum absolute atomic E-state index is 12.5. The third-order valence-electron chi connectivity index (χ3n) is 4.26. The second-order valence-corrected chi connectivity index (χ2v) is 5.94. The average molecular weight is 314 g/mol. The van der Waals surface area contributed by atoms with Gasteiger partial charge in [0.15, 0.2) is 0 Å². The SMILES string of the molecule is O=C(Cc1cccnc1)N1CCCC(c2ccn(CCO)n2)C1. The molecule has 122 valence electrons. The van der Waals surface area contributed by atoms with Crippen LogP contribution in [0.4, 0.5) is 0 Å². The average Bonchev–Trinajstić information content (AvgIpc) is 3.05. The van der Waals surface area contributed by atoms with Crippen LogP contribution in [0.1, 0.15) is 30.0 Å². The van der Waals surface area contributed by atoms with E-state index in [9.17, 15) is 4.79 Å². The molecule has 0 saturated carbocycles. The van der Waals surface area contributed by atoms with Crippen LogP contribution >= 0.6 is 0 Å². The van der Waals surface area contributed by atoms with Crippen molar-refractivity contribution in [1.29, 1.82) is 0 Å². The van der Waals surface area contributed by atoms with Crippen LogP contribution in [0.15, 0.2) is 36.8 Å². The lowest BCUT2D eigenvalue weighted by Crippen LogP contribution is -2.40. The highest BCUT2D eigenvalue weighted by atomic mass is 16.3. The van der Waals surface area contributed by atoms with Crippen LogP contribution in [-0.4, -0.2) is 50.4 Å². The van der Waals surface area contributed by atoms with Gasteiger partial charge in [0.2, 0.25) is 5.91 Å². The van der Waals surface area contributed by atoms with E-state index in [1.54, 1.807) is 17.1 Å². The van der Waals surface area contributed by atoms with Gasteiger partial charge in [-0.3, -0.25) is 14.5 Å². The molecule has 0 radical (unpaired) electrons. The Morgan fingerprint density at radius 2 is 2.30 bits per heavy atom. The van der Waals surface area contributed by atoms with Crippen LogP contribution in [0.25, 0.3) is 0 Å². The number of hydrogen-bond acceptors (Lipinski definition) is 4. The van der Waals surface area contributed by atoms with Gasteiger partial charge in [0.05, 0.1) is 25.3 Å². The van der Waals surface area contributed by atoms with Gasteiger partial charge in [-0.1, -0.05) is 6.07 Å². The molecule has 1 fully saturated rings. The molecule has 3 rings (SSSR count). The van der Waals surface area contributed by atoms with E-state index in [1.807, 2.05) is 29.3 Å². The summed E-state index contributed by atoms with van der Waals surface area (Å²) in [4.78, 5) is 18.5. The molecule has 1 aliphatic heterocycles. The first-order valence-electron chi connectivity index (χ1n) is 8.07. The van der Waals surface area contributed by atoms with E-state index in [-0.39, 0.29) is 18.4 Å². The summed E-state index contributed by atoms with van der Waals surface area (Å²) < 4.78 is 1.76. The van der Waals surface area contributed by atoms with E-state index >= 15 is 0 Å². The smallest absolute Gasteiger partial charge is 0.227 e. The molecule has 6 heteroatoms. The van der Waals surface area contributed by atoms with E-state index in [4.69, 9.17) is 5.11 Å². The van der Waals surface area contributed by atoms with Gasteiger partial charge in [0.1, 0.15) is 0 Å². The lowest BCUT2D eigenvalue weighted by atomic mass is 9.94. The predicted molar refractivity (Wildman–Crippen MR) is 85.8 cm³/mol. The second-order valence-electron chi connectivity index (χ2n) is 5.94. The Balaban J connectivity index is 1.62. The summed E-state index contributed by atoms with van der Waals surface area (Å²) in [6.07, 6.45) is 7.80. The highest BCUT2D eigenvalue weighted by molar-refractivity contribution is 5.78. The zero-order valence-corrected chi connectivity index (χ0v) is 13.1. The van der Waals surface area contributed by atoms with Gasteiger partial charge < -0.3 is 10.0 Å². The molecular formula is C17H22N4O2. The molecule has 0 bridgehead atoms. The summed E-state index contributed by atoms with van der Waals surface area (Å²) in [7, 11) is 0. The molecular weight excluding hydrogens is 292 g/mol. The van der Waals surface area contributed by atoms with Crippen LogP contribution in [0.3, 0.4) is 0 Å². The van der Waals surface area contributed by atoms with Crippen LogP contribution < -0.4 is 0 Å². The van der Waals surface area contributed by atoms with Gasteiger partial charge in [-0.15, -0.1) is 0 Å². The van der Waals surface area contributed by atoms with E-state index in [2.05, 4.69) is 10.1 Å². The normalized spacial score (nSPS) is 18.1. The lowest BCUT2D eigenvalue weighted by molar-refractivity contribution is -0.131. The standard InChI is InChI=1S/C17H22N4O2/c22-10-9-21-8-5-16(19-21)15-4-2-7-20(13-15)17(23)11-14-3-1-6-18-12-14/h1,3,5-6,8,12,15,22H,2,4,7,9-11,13H2. The van der Waals surface area contributed by atoms with Gasteiger partial charge in [-0.2, -0.15) is 5.10 Å². The van der Waals surface area contributed by atoms with Crippen LogP contribution in [0, 0.1) is 0 Å². The number of rotatable bonds is 5. The van der Waals surface area contributed by atoms with E-state index < -0.39 is 0 Å². The first kappa shape index (κ1) is 15.7. The monoisotopic (exact) mass is 314 g/mol. The van der Waals surface area contributed by atoms with E-state index in [0.29, 0.717) is 13.0 Å². The molecule has 0 aliphatic carbocycles. The Labute approximate surface area is 135 Å².